The molecule has 0 spiro atoms. The summed E-state index contributed by atoms with van der Waals surface area (Å²) < 4.78 is 18.9. The van der Waals surface area contributed by atoms with Crippen LogP contribution in [0, 0.1) is 12.7 Å². The lowest BCUT2D eigenvalue weighted by Gasteiger charge is -2.08. The zero-order valence-corrected chi connectivity index (χ0v) is 13.9. The molecule has 6 nitrogen and oxygen atoms in total. The zero-order chi connectivity index (χ0) is 18.0. The molecule has 0 aliphatic rings. The lowest BCUT2D eigenvalue weighted by molar-refractivity contribution is -0.117. The lowest BCUT2D eigenvalue weighted by atomic mass is 10.2. The second-order valence-electron chi connectivity index (χ2n) is 5.30. The van der Waals surface area contributed by atoms with Crippen LogP contribution in [0.4, 0.5) is 10.1 Å². The summed E-state index contributed by atoms with van der Waals surface area (Å²) in [5, 5.41) is 7.15. The van der Waals surface area contributed by atoms with Gasteiger partial charge >= 0.3 is 5.76 Å². The van der Waals surface area contributed by atoms with Crippen LogP contribution in [0.5, 0.6) is 0 Å². The molecule has 0 fully saturated rings. The standard InChI is InChI=1S/C17H13ClFN3O3/c1-10-13(18)3-2-4-14(10)20-15(23)9-22-17(24)25-16(21-22)11-5-7-12(19)8-6-11/h2-8H,9H2,1H3,(H,20,23). The van der Waals surface area contributed by atoms with E-state index in [2.05, 4.69) is 10.4 Å². The molecule has 1 amide bonds. The van der Waals surface area contributed by atoms with Crippen molar-refractivity contribution in [2.45, 2.75) is 13.5 Å². The van der Waals surface area contributed by atoms with Crippen LogP contribution in [0.3, 0.4) is 0 Å². The Kier molecular flexibility index (Phi) is 4.67. The van der Waals surface area contributed by atoms with Gasteiger partial charge in [-0.05, 0) is 48.9 Å². The average Bonchev–Trinajstić information content (AvgIpc) is 2.93. The number of halogens is 2. The van der Waals surface area contributed by atoms with Crippen LogP contribution in [-0.2, 0) is 11.3 Å². The van der Waals surface area contributed by atoms with Crippen LogP contribution in [0.15, 0.2) is 51.7 Å². The molecule has 0 atom stereocenters. The van der Waals surface area contributed by atoms with E-state index < -0.39 is 17.5 Å². The zero-order valence-electron chi connectivity index (χ0n) is 13.1. The summed E-state index contributed by atoms with van der Waals surface area (Å²) in [4.78, 5) is 24.0. The monoisotopic (exact) mass is 361 g/mol. The maximum absolute atomic E-state index is 12.9. The van der Waals surface area contributed by atoms with Crippen molar-refractivity contribution in [3.63, 3.8) is 0 Å². The Morgan fingerprint density at radius 3 is 2.72 bits per heavy atom. The van der Waals surface area contributed by atoms with Crippen molar-refractivity contribution >= 4 is 23.2 Å². The van der Waals surface area contributed by atoms with Crippen molar-refractivity contribution in [3.05, 3.63) is 69.4 Å². The summed E-state index contributed by atoms with van der Waals surface area (Å²) in [7, 11) is 0. The average molecular weight is 362 g/mol. The minimum absolute atomic E-state index is 0.0109. The number of amides is 1. The van der Waals surface area contributed by atoms with Crippen LogP contribution >= 0.6 is 11.6 Å². The lowest BCUT2D eigenvalue weighted by Crippen LogP contribution is -2.26. The molecular formula is C17H13ClFN3O3. The number of benzene rings is 2. The van der Waals surface area contributed by atoms with E-state index >= 15 is 0 Å². The first-order valence-electron chi connectivity index (χ1n) is 7.33. The molecule has 1 aromatic heterocycles. The van der Waals surface area contributed by atoms with Gasteiger partial charge in [0.05, 0.1) is 0 Å². The first-order chi connectivity index (χ1) is 11.9. The Morgan fingerprint density at radius 2 is 2.00 bits per heavy atom. The summed E-state index contributed by atoms with van der Waals surface area (Å²) in [6, 6.07) is 10.4. The number of nitrogens with zero attached hydrogens (tertiary/aromatic N) is 2. The number of rotatable bonds is 4. The summed E-state index contributed by atoms with van der Waals surface area (Å²) in [5.74, 6) is -1.64. The number of anilines is 1. The molecule has 25 heavy (non-hydrogen) atoms. The molecule has 3 aromatic rings. The highest BCUT2D eigenvalue weighted by Crippen LogP contribution is 2.23. The topological polar surface area (TPSA) is 77.1 Å². The summed E-state index contributed by atoms with van der Waals surface area (Å²) >= 11 is 6.00. The van der Waals surface area contributed by atoms with Gasteiger partial charge in [-0.15, -0.1) is 5.10 Å². The van der Waals surface area contributed by atoms with Crippen LogP contribution in [-0.4, -0.2) is 15.7 Å². The van der Waals surface area contributed by atoms with Gasteiger partial charge in [0.15, 0.2) is 0 Å². The summed E-state index contributed by atoms with van der Waals surface area (Å²) in [6.45, 7) is 1.45. The number of carbonyl (C=O) groups excluding carboxylic acids is 1. The van der Waals surface area contributed by atoms with Crippen molar-refractivity contribution in [2.24, 2.45) is 0 Å². The van der Waals surface area contributed by atoms with Gasteiger partial charge in [-0.25, -0.2) is 9.18 Å². The second-order valence-corrected chi connectivity index (χ2v) is 5.71. The minimum Gasteiger partial charge on any atom is -0.388 e. The number of carbonyl (C=O) groups is 1. The highest BCUT2D eigenvalue weighted by Gasteiger charge is 2.14. The third-order valence-corrected chi connectivity index (χ3v) is 3.94. The van der Waals surface area contributed by atoms with Gasteiger partial charge in [0.2, 0.25) is 11.8 Å². The molecule has 1 N–H and O–H groups in total. The third-order valence-electron chi connectivity index (χ3n) is 3.53. The predicted octanol–water partition coefficient (Wildman–Crippen LogP) is 3.24. The maximum Gasteiger partial charge on any atom is 0.437 e. The normalized spacial score (nSPS) is 10.7. The van der Waals surface area contributed by atoms with E-state index in [1.807, 2.05) is 0 Å². The highest BCUT2D eigenvalue weighted by atomic mass is 35.5. The summed E-state index contributed by atoms with van der Waals surface area (Å²) in [6.07, 6.45) is 0. The van der Waals surface area contributed by atoms with Crippen molar-refractivity contribution in [1.82, 2.24) is 9.78 Å². The van der Waals surface area contributed by atoms with Crippen molar-refractivity contribution in [3.8, 4) is 11.5 Å². The molecule has 8 heteroatoms. The van der Waals surface area contributed by atoms with Gasteiger partial charge < -0.3 is 9.73 Å². The van der Waals surface area contributed by atoms with Crippen LogP contribution in [0.2, 0.25) is 5.02 Å². The van der Waals surface area contributed by atoms with Gasteiger partial charge in [0, 0.05) is 16.3 Å². The van der Waals surface area contributed by atoms with E-state index in [-0.39, 0.29) is 12.4 Å². The Morgan fingerprint density at radius 1 is 1.28 bits per heavy atom. The third kappa shape index (κ3) is 3.77. The molecule has 2 aromatic carbocycles. The Hall–Kier alpha value is -2.93. The first kappa shape index (κ1) is 16.9. The smallest absolute Gasteiger partial charge is 0.388 e. The second kappa shape index (κ2) is 6.90. The molecule has 1 heterocycles. The molecule has 0 aliphatic carbocycles. The number of nitrogens with one attached hydrogen (secondary N) is 1. The number of aromatic nitrogens is 2. The van der Waals surface area contributed by atoms with Gasteiger partial charge in [-0.1, -0.05) is 17.7 Å². The predicted molar refractivity (Wildman–Crippen MR) is 91.0 cm³/mol. The van der Waals surface area contributed by atoms with Crippen LogP contribution in [0.25, 0.3) is 11.5 Å². The Labute approximate surface area is 146 Å². The largest absolute Gasteiger partial charge is 0.437 e. The summed E-state index contributed by atoms with van der Waals surface area (Å²) in [5.41, 5.74) is 1.70. The first-order valence-corrected chi connectivity index (χ1v) is 7.70. The van der Waals surface area contributed by atoms with E-state index in [1.54, 1.807) is 25.1 Å². The number of hydrogen-bond acceptors (Lipinski definition) is 4. The molecule has 0 bridgehead atoms. The quantitative estimate of drug-likeness (QED) is 0.773. The van der Waals surface area contributed by atoms with Crippen molar-refractivity contribution in [2.75, 3.05) is 5.32 Å². The van der Waals surface area contributed by atoms with Crippen molar-refractivity contribution in [1.29, 1.82) is 0 Å². The number of hydrogen-bond donors (Lipinski definition) is 1. The molecular weight excluding hydrogens is 349 g/mol. The van der Waals surface area contributed by atoms with Crippen molar-refractivity contribution < 1.29 is 13.6 Å². The van der Waals surface area contributed by atoms with E-state index in [1.165, 1.54) is 24.3 Å². The molecule has 0 saturated heterocycles. The highest BCUT2D eigenvalue weighted by molar-refractivity contribution is 6.31. The Bertz CT molecular complexity index is 980. The molecule has 128 valence electrons. The molecule has 0 radical (unpaired) electrons. The fourth-order valence-electron chi connectivity index (χ4n) is 2.18. The van der Waals surface area contributed by atoms with E-state index in [0.717, 1.165) is 10.2 Å². The fraction of sp³-hybridized carbons (Fsp3) is 0.118. The fourth-order valence-corrected chi connectivity index (χ4v) is 2.36. The SMILES string of the molecule is Cc1c(Cl)cccc1NC(=O)Cn1nc(-c2ccc(F)cc2)oc1=O. The van der Waals surface area contributed by atoms with Gasteiger partial charge in [-0.3, -0.25) is 4.79 Å². The molecule has 0 aliphatic heterocycles. The van der Waals surface area contributed by atoms with E-state index in [0.29, 0.717) is 16.3 Å². The molecule has 3 rings (SSSR count). The Balaban J connectivity index is 1.77. The van der Waals surface area contributed by atoms with Gasteiger partial charge in [-0.2, -0.15) is 4.68 Å². The van der Waals surface area contributed by atoms with E-state index in [9.17, 15) is 14.0 Å². The molecule has 0 saturated carbocycles. The molecule has 0 unspecified atom stereocenters. The minimum atomic E-state index is -0.780. The van der Waals surface area contributed by atoms with Gasteiger partial charge in [0.25, 0.3) is 0 Å². The maximum atomic E-state index is 12.9. The van der Waals surface area contributed by atoms with Crippen LogP contribution in [0.1, 0.15) is 5.56 Å². The van der Waals surface area contributed by atoms with Gasteiger partial charge in [0.1, 0.15) is 12.4 Å². The van der Waals surface area contributed by atoms with Crippen LogP contribution < -0.4 is 11.1 Å². The van der Waals surface area contributed by atoms with E-state index in [4.69, 9.17) is 16.0 Å².